The molecule has 4 rings (SSSR count). The van der Waals surface area contributed by atoms with Gasteiger partial charge in [-0.15, -0.1) is 0 Å². The molecule has 0 spiro atoms. The summed E-state index contributed by atoms with van der Waals surface area (Å²) in [6.07, 6.45) is 5.49. The van der Waals surface area contributed by atoms with Crippen molar-refractivity contribution in [2.75, 3.05) is 39.3 Å². The highest BCUT2D eigenvalue weighted by molar-refractivity contribution is 5.97. The fraction of sp³-hybridized carbons (Fsp3) is 0.800. The molecule has 52 heavy (non-hydrogen) atoms. The minimum atomic E-state index is -1.16. The molecule has 4 aliphatic rings. The standard InChI is InChI=1S/C35H58N8O9/c1-21(2)19-24(39-30(46)26-11-6-16-41(26)33(49)27-12-7-17-42(27)31(47)22(37)20-44)32(48)43-18-8-13-28(43)34(50)40-15-5-10-25(40)29(45)38-23(35(51)52)9-3-4-14-36/h21-28,44H,3-20,36-37H2,1-2H3,(H,38,45)(H,39,46)(H,51,52)/t22-,23-,24-,25-,26-,27-,28-/m0/s1. The first-order valence-corrected chi connectivity index (χ1v) is 18.9. The zero-order valence-electron chi connectivity index (χ0n) is 30.5. The van der Waals surface area contributed by atoms with E-state index in [0.717, 1.165) is 0 Å². The lowest BCUT2D eigenvalue weighted by Crippen LogP contribution is -2.59. The fourth-order valence-electron chi connectivity index (χ4n) is 8.03. The van der Waals surface area contributed by atoms with Gasteiger partial charge in [0.1, 0.15) is 42.3 Å². The number of nitrogens with one attached hydrogen (secondary N) is 2. The molecule has 4 heterocycles. The molecule has 8 N–H and O–H groups in total. The number of likely N-dealkylation sites (tertiary alicyclic amines) is 4. The van der Waals surface area contributed by atoms with Crippen molar-refractivity contribution in [3.63, 3.8) is 0 Å². The third kappa shape index (κ3) is 9.58. The Morgan fingerprint density at radius 2 is 1.12 bits per heavy atom. The van der Waals surface area contributed by atoms with Crippen LogP contribution in [0.4, 0.5) is 0 Å². The second kappa shape index (κ2) is 18.8. The summed E-state index contributed by atoms with van der Waals surface area (Å²) < 4.78 is 0. The van der Waals surface area contributed by atoms with Gasteiger partial charge in [-0.25, -0.2) is 4.79 Å². The molecule has 17 heteroatoms. The van der Waals surface area contributed by atoms with Crippen molar-refractivity contribution >= 4 is 41.4 Å². The summed E-state index contributed by atoms with van der Waals surface area (Å²) in [6.45, 7) is 4.94. The van der Waals surface area contributed by atoms with E-state index in [0.29, 0.717) is 103 Å². The highest BCUT2D eigenvalue weighted by atomic mass is 16.4. The number of nitrogens with zero attached hydrogens (tertiary/aromatic N) is 4. The summed E-state index contributed by atoms with van der Waals surface area (Å²) in [5.74, 6) is -3.84. The Bertz CT molecular complexity index is 1330. The highest BCUT2D eigenvalue weighted by Gasteiger charge is 2.46. The Kier molecular flexibility index (Phi) is 14.8. The van der Waals surface area contributed by atoms with E-state index in [1.54, 1.807) is 0 Å². The van der Waals surface area contributed by atoms with Gasteiger partial charge < -0.3 is 51.9 Å². The Hall–Kier alpha value is -3.83. The fourth-order valence-corrected chi connectivity index (χ4v) is 8.03. The van der Waals surface area contributed by atoms with Gasteiger partial charge in [0, 0.05) is 26.2 Å². The lowest BCUT2D eigenvalue weighted by atomic mass is 10.0. The van der Waals surface area contributed by atoms with E-state index < -0.39 is 78.5 Å². The molecule has 0 aromatic carbocycles. The van der Waals surface area contributed by atoms with E-state index in [-0.39, 0.29) is 24.2 Å². The number of hydrogen-bond donors (Lipinski definition) is 6. The van der Waals surface area contributed by atoms with E-state index in [4.69, 9.17) is 11.5 Å². The van der Waals surface area contributed by atoms with E-state index >= 15 is 0 Å². The number of aliphatic carboxylic acids is 1. The molecule has 0 bridgehead atoms. The van der Waals surface area contributed by atoms with Crippen molar-refractivity contribution in [3.8, 4) is 0 Å². The number of aliphatic hydroxyl groups is 1. The molecule has 7 atom stereocenters. The van der Waals surface area contributed by atoms with Gasteiger partial charge in [-0.3, -0.25) is 28.8 Å². The van der Waals surface area contributed by atoms with Crippen LogP contribution in [0.1, 0.15) is 90.9 Å². The van der Waals surface area contributed by atoms with Crippen molar-refractivity contribution in [1.82, 2.24) is 30.2 Å². The number of rotatable bonds is 16. The van der Waals surface area contributed by atoms with Crippen molar-refractivity contribution in [2.24, 2.45) is 17.4 Å². The average molecular weight is 735 g/mol. The zero-order valence-corrected chi connectivity index (χ0v) is 30.5. The monoisotopic (exact) mass is 734 g/mol. The molecule has 0 aromatic rings. The summed E-state index contributed by atoms with van der Waals surface area (Å²) in [5.41, 5.74) is 11.3. The molecular weight excluding hydrogens is 676 g/mol. The maximum absolute atomic E-state index is 14.2. The van der Waals surface area contributed by atoms with Gasteiger partial charge >= 0.3 is 5.97 Å². The zero-order chi connectivity index (χ0) is 38.1. The number of aliphatic hydroxyl groups excluding tert-OH is 1. The second-order valence-electron chi connectivity index (χ2n) is 14.9. The third-order valence-electron chi connectivity index (χ3n) is 10.7. The molecule has 4 aliphatic heterocycles. The number of hydrogen-bond acceptors (Lipinski definition) is 10. The lowest BCUT2D eigenvalue weighted by molar-refractivity contribution is -0.150. The number of carboxylic acid groups (broad SMARTS) is 1. The number of carboxylic acids is 1. The first-order chi connectivity index (χ1) is 24.8. The number of unbranched alkanes of at least 4 members (excludes halogenated alkanes) is 1. The molecule has 0 radical (unpaired) electrons. The predicted molar refractivity (Wildman–Crippen MR) is 188 cm³/mol. The quantitative estimate of drug-likeness (QED) is 0.0996. The number of carbonyl (C=O) groups is 7. The minimum absolute atomic E-state index is 0.000183. The smallest absolute Gasteiger partial charge is 0.326 e. The number of carbonyl (C=O) groups excluding carboxylic acids is 6. The van der Waals surface area contributed by atoms with Crippen LogP contribution in [-0.2, 0) is 33.6 Å². The van der Waals surface area contributed by atoms with Crippen LogP contribution < -0.4 is 22.1 Å². The number of amides is 6. The highest BCUT2D eigenvalue weighted by Crippen LogP contribution is 2.28. The minimum Gasteiger partial charge on any atom is -0.480 e. The summed E-state index contributed by atoms with van der Waals surface area (Å²) in [6, 6.07) is -6.53. The second-order valence-corrected chi connectivity index (χ2v) is 14.9. The average Bonchev–Trinajstić information content (AvgIpc) is 3.95. The topological polar surface area (TPSA) is 249 Å². The van der Waals surface area contributed by atoms with E-state index in [1.807, 2.05) is 13.8 Å². The molecule has 0 unspecified atom stereocenters. The summed E-state index contributed by atoms with van der Waals surface area (Å²) in [4.78, 5) is 99.4. The van der Waals surface area contributed by atoms with Crippen molar-refractivity contribution in [2.45, 2.75) is 133 Å². The molecule has 4 fully saturated rings. The van der Waals surface area contributed by atoms with Crippen molar-refractivity contribution < 1.29 is 43.8 Å². The lowest BCUT2D eigenvalue weighted by Gasteiger charge is -2.34. The first kappa shape index (κ1) is 40.9. The van der Waals surface area contributed by atoms with Gasteiger partial charge in [0.05, 0.1) is 6.61 Å². The SMILES string of the molecule is CC(C)C[C@H](NC(=O)[C@@H]1CCCN1C(=O)[C@@H]1CCCN1C(=O)[C@@H](N)CO)C(=O)N1CCC[C@H]1C(=O)N1CCC[C@H]1C(=O)N[C@@H](CCCCN)C(=O)O. The molecule has 0 aliphatic carbocycles. The first-order valence-electron chi connectivity index (χ1n) is 18.9. The van der Waals surface area contributed by atoms with Crippen LogP contribution in [0.5, 0.6) is 0 Å². The Morgan fingerprint density at radius 1 is 0.673 bits per heavy atom. The van der Waals surface area contributed by atoms with Gasteiger partial charge in [-0.05, 0) is 89.5 Å². The third-order valence-corrected chi connectivity index (χ3v) is 10.7. The van der Waals surface area contributed by atoms with E-state index in [9.17, 15) is 43.8 Å². The Morgan fingerprint density at radius 3 is 1.56 bits per heavy atom. The molecule has 292 valence electrons. The summed E-state index contributed by atoms with van der Waals surface area (Å²) >= 11 is 0. The van der Waals surface area contributed by atoms with Crippen LogP contribution in [-0.4, -0.2) is 153 Å². The van der Waals surface area contributed by atoms with Gasteiger partial charge in [-0.2, -0.15) is 0 Å². The number of nitrogens with two attached hydrogens (primary N) is 2. The van der Waals surface area contributed by atoms with E-state index in [1.165, 1.54) is 19.6 Å². The van der Waals surface area contributed by atoms with Crippen molar-refractivity contribution in [1.29, 1.82) is 0 Å². The molecule has 4 saturated heterocycles. The maximum Gasteiger partial charge on any atom is 0.326 e. The summed E-state index contributed by atoms with van der Waals surface area (Å²) in [7, 11) is 0. The van der Waals surface area contributed by atoms with Crippen LogP contribution in [0.15, 0.2) is 0 Å². The van der Waals surface area contributed by atoms with Crippen LogP contribution in [0.2, 0.25) is 0 Å². The van der Waals surface area contributed by atoms with Gasteiger partial charge in [-0.1, -0.05) is 13.8 Å². The molecular formula is C35H58N8O9. The van der Waals surface area contributed by atoms with Crippen LogP contribution in [0.3, 0.4) is 0 Å². The Labute approximate surface area is 305 Å². The molecule has 0 saturated carbocycles. The predicted octanol–water partition coefficient (Wildman–Crippen LogP) is -1.50. The molecule has 6 amide bonds. The van der Waals surface area contributed by atoms with Gasteiger partial charge in [0.2, 0.25) is 35.4 Å². The molecule has 17 nitrogen and oxygen atoms in total. The van der Waals surface area contributed by atoms with Crippen molar-refractivity contribution in [3.05, 3.63) is 0 Å². The van der Waals surface area contributed by atoms with Crippen LogP contribution in [0, 0.1) is 5.92 Å². The van der Waals surface area contributed by atoms with Gasteiger partial charge in [0.15, 0.2) is 0 Å². The maximum atomic E-state index is 14.2. The largest absolute Gasteiger partial charge is 0.480 e. The van der Waals surface area contributed by atoms with Crippen LogP contribution in [0.25, 0.3) is 0 Å². The van der Waals surface area contributed by atoms with Gasteiger partial charge in [0.25, 0.3) is 0 Å². The molecule has 0 aromatic heterocycles. The normalized spacial score (nSPS) is 25.0. The summed E-state index contributed by atoms with van der Waals surface area (Å²) in [5, 5.41) is 24.5. The van der Waals surface area contributed by atoms with Crippen LogP contribution >= 0.6 is 0 Å². The Balaban J connectivity index is 1.44. The van der Waals surface area contributed by atoms with E-state index in [2.05, 4.69) is 10.6 Å².